The third-order valence-corrected chi connectivity index (χ3v) is 2.76. The molecule has 8 heteroatoms. The van der Waals surface area contributed by atoms with E-state index < -0.39 is 43.4 Å². The summed E-state index contributed by atoms with van der Waals surface area (Å²) in [5.74, 6) is -0.472. The Morgan fingerprint density at radius 1 is 1.35 bits per heavy atom. The Bertz CT molecular complexity index is 335. The number of aliphatic hydroxyl groups is 4. The van der Waals surface area contributed by atoms with Gasteiger partial charge in [-0.05, 0) is 0 Å². The standard InChI is InChI=1S/C9H14N2O6/c12-3-4-6(14)7(15)8(17-4)11-2-1-5(13)10-9(11)16/h1-2,4,6-9,12,14-16H,3H2,(H,10,13)/t4-,6?,7?,8-,9?/m1/s1. The number of nitrogens with one attached hydrogen (secondary N) is 1. The summed E-state index contributed by atoms with van der Waals surface area (Å²) in [6, 6.07) is 0. The molecule has 0 radical (unpaired) electrons. The molecule has 5 atom stereocenters. The van der Waals surface area contributed by atoms with E-state index in [9.17, 15) is 20.1 Å². The Kier molecular flexibility index (Phi) is 3.31. The van der Waals surface area contributed by atoms with Crippen molar-refractivity contribution in [2.45, 2.75) is 30.9 Å². The highest BCUT2D eigenvalue weighted by atomic mass is 16.6. The summed E-state index contributed by atoms with van der Waals surface area (Å²) in [7, 11) is 0. The molecule has 1 saturated heterocycles. The molecule has 0 aliphatic carbocycles. The molecule has 0 aromatic heterocycles. The van der Waals surface area contributed by atoms with Gasteiger partial charge < -0.3 is 35.4 Å². The highest BCUT2D eigenvalue weighted by Gasteiger charge is 2.46. The predicted molar refractivity (Wildman–Crippen MR) is 52.9 cm³/mol. The zero-order valence-electron chi connectivity index (χ0n) is 8.80. The van der Waals surface area contributed by atoms with Gasteiger partial charge in [0.05, 0.1) is 6.61 Å². The van der Waals surface area contributed by atoms with Crippen molar-refractivity contribution in [3.63, 3.8) is 0 Å². The first-order chi connectivity index (χ1) is 8.04. The van der Waals surface area contributed by atoms with E-state index in [4.69, 9.17) is 9.84 Å². The number of nitrogens with zero attached hydrogens (tertiary/aromatic N) is 1. The van der Waals surface area contributed by atoms with Gasteiger partial charge in [-0.1, -0.05) is 0 Å². The summed E-state index contributed by atoms with van der Waals surface area (Å²) in [5, 5.41) is 39.9. The first-order valence-corrected chi connectivity index (χ1v) is 5.11. The van der Waals surface area contributed by atoms with Crippen molar-refractivity contribution < 1.29 is 30.0 Å². The molecule has 1 fully saturated rings. The van der Waals surface area contributed by atoms with Crippen molar-refractivity contribution in [3.05, 3.63) is 12.3 Å². The largest absolute Gasteiger partial charge is 0.394 e. The number of carbonyl (C=O) groups is 1. The first-order valence-electron chi connectivity index (χ1n) is 5.11. The zero-order valence-corrected chi connectivity index (χ0v) is 8.80. The molecule has 2 rings (SSSR count). The second kappa shape index (κ2) is 4.59. The van der Waals surface area contributed by atoms with Gasteiger partial charge in [-0.15, -0.1) is 0 Å². The topological polar surface area (TPSA) is 122 Å². The third kappa shape index (κ3) is 2.13. The van der Waals surface area contributed by atoms with Crippen LogP contribution in [0.5, 0.6) is 0 Å². The van der Waals surface area contributed by atoms with Gasteiger partial charge in [-0.2, -0.15) is 0 Å². The fourth-order valence-electron chi connectivity index (χ4n) is 1.84. The molecule has 0 aromatic rings. The smallest absolute Gasteiger partial charge is 0.248 e. The van der Waals surface area contributed by atoms with Crippen LogP contribution >= 0.6 is 0 Å². The van der Waals surface area contributed by atoms with Crippen LogP contribution in [0.25, 0.3) is 0 Å². The average Bonchev–Trinajstić information content (AvgIpc) is 2.57. The molecule has 5 N–H and O–H groups in total. The van der Waals surface area contributed by atoms with E-state index in [1.165, 1.54) is 6.20 Å². The quantitative estimate of drug-likeness (QED) is 0.345. The van der Waals surface area contributed by atoms with Crippen LogP contribution in [-0.2, 0) is 9.53 Å². The molecule has 0 spiro atoms. The fraction of sp³-hybridized carbons (Fsp3) is 0.667. The second-order valence-corrected chi connectivity index (χ2v) is 3.87. The van der Waals surface area contributed by atoms with Crippen LogP contribution in [0.15, 0.2) is 12.3 Å². The van der Waals surface area contributed by atoms with Crippen molar-refractivity contribution in [3.8, 4) is 0 Å². The minimum atomic E-state index is -1.35. The SMILES string of the molecule is O=C1C=CN([C@@H]2O[C@H](CO)C(O)C2O)C(O)N1. The summed E-state index contributed by atoms with van der Waals surface area (Å²) >= 11 is 0. The normalized spacial score (nSPS) is 41.8. The van der Waals surface area contributed by atoms with Crippen LogP contribution in [0.1, 0.15) is 0 Å². The highest BCUT2D eigenvalue weighted by Crippen LogP contribution is 2.25. The number of hydrogen-bond acceptors (Lipinski definition) is 7. The van der Waals surface area contributed by atoms with Gasteiger partial charge in [0.2, 0.25) is 12.3 Å². The summed E-state index contributed by atoms with van der Waals surface area (Å²) in [5.41, 5.74) is 0. The van der Waals surface area contributed by atoms with Crippen LogP contribution in [0.2, 0.25) is 0 Å². The van der Waals surface area contributed by atoms with Crippen molar-refractivity contribution in [1.82, 2.24) is 10.2 Å². The average molecular weight is 246 g/mol. The fourth-order valence-corrected chi connectivity index (χ4v) is 1.84. The maximum absolute atomic E-state index is 10.9. The lowest BCUT2D eigenvalue weighted by molar-refractivity contribution is -0.153. The Balaban J connectivity index is 2.13. The molecule has 96 valence electrons. The molecule has 0 aromatic carbocycles. The molecule has 8 nitrogen and oxygen atoms in total. The van der Waals surface area contributed by atoms with E-state index >= 15 is 0 Å². The Morgan fingerprint density at radius 2 is 2.06 bits per heavy atom. The Hall–Kier alpha value is -1.19. The van der Waals surface area contributed by atoms with Gasteiger partial charge in [0, 0.05) is 12.3 Å². The summed E-state index contributed by atoms with van der Waals surface area (Å²) in [6.07, 6.45) is -3.44. The van der Waals surface area contributed by atoms with Gasteiger partial charge in [-0.3, -0.25) is 4.79 Å². The lowest BCUT2D eigenvalue weighted by Crippen LogP contribution is -2.55. The van der Waals surface area contributed by atoms with E-state index in [1.807, 2.05) is 0 Å². The number of carbonyl (C=O) groups excluding carboxylic acids is 1. The number of ether oxygens (including phenoxy) is 1. The lowest BCUT2D eigenvalue weighted by Gasteiger charge is -2.35. The first kappa shape index (κ1) is 12.3. The van der Waals surface area contributed by atoms with Gasteiger partial charge >= 0.3 is 0 Å². The Morgan fingerprint density at radius 3 is 2.59 bits per heavy atom. The lowest BCUT2D eigenvalue weighted by atomic mass is 10.1. The molecular formula is C9H14N2O6. The summed E-state index contributed by atoms with van der Waals surface area (Å²) < 4.78 is 5.19. The maximum Gasteiger partial charge on any atom is 0.248 e. The molecule has 2 aliphatic rings. The van der Waals surface area contributed by atoms with E-state index in [0.717, 1.165) is 11.0 Å². The molecule has 2 aliphatic heterocycles. The number of amides is 1. The third-order valence-electron chi connectivity index (χ3n) is 2.76. The van der Waals surface area contributed by atoms with E-state index in [2.05, 4.69) is 5.32 Å². The van der Waals surface area contributed by atoms with Gasteiger partial charge in [0.25, 0.3) is 0 Å². The van der Waals surface area contributed by atoms with Crippen molar-refractivity contribution in [2.75, 3.05) is 6.61 Å². The maximum atomic E-state index is 10.9. The Labute approximate surface area is 96.7 Å². The molecule has 17 heavy (non-hydrogen) atoms. The van der Waals surface area contributed by atoms with Crippen molar-refractivity contribution in [1.29, 1.82) is 0 Å². The van der Waals surface area contributed by atoms with Crippen LogP contribution in [0.3, 0.4) is 0 Å². The van der Waals surface area contributed by atoms with Crippen molar-refractivity contribution in [2.24, 2.45) is 0 Å². The number of aliphatic hydroxyl groups excluding tert-OH is 4. The van der Waals surface area contributed by atoms with Crippen LogP contribution in [0, 0.1) is 0 Å². The van der Waals surface area contributed by atoms with Crippen molar-refractivity contribution >= 4 is 5.91 Å². The van der Waals surface area contributed by atoms with Crippen LogP contribution in [0.4, 0.5) is 0 Å². The second-order valence-electron chi connectivity index (χ2n) is 3.87. The minimum absolute atomic E-state index is 0.450. The van der Waals surface area contributed by atoms with Gasteiger partial charge in [0.1, 0.15) is 18.3 Å². The highest BCUT2D eigenvalue weighted by molar-refractivity contribution is 5.88. The summed E-state index contributed by atoms with van der Waals surface area (Å²) in [6.45, 7) is -0.450. The molecule has 2 heterocycles. The molecular weight excluding hydrogens is 232 g/mol. The van der Waals surface area contributed by atoms with Crippen LogP contribution < -0.4 is 5.32 Å². The van der Waals surface area contributed by atoms with Gasteiger partial charge in [-0.25, -0.2) is 0 Å². The monoisotopic (exact) mass is 246 g/mol. The van der Waals surface area contributed by atoms with E-state index in [0.29, 0.717) is 0 Å². The number of rotatable bonds is 2. The predicted octanol–water partition coefficient (Wildman–Crippen LogP) is -3.35. The summed E-state index contributed by atoms with van der Waals surface area (Å²) in [4.78, 5) is 12.1. The molecule has 3 unspecified atom stereocenters. The molecule has 0 saturated carbocycles. The van der Waals surface area contributed by atoms with E-state index in [-0.39, 0.29) is 0 Å². The molecule has 0 bridgehead atoms. The zero-order chi connectivity index (χ0) is 12.6. The van der Waals surface area contributed by atoms with Gasteiger partial charge in [0.15, 0.2) is 6.23 Å². The number of hydrogen-bond donors (Lipinski definition) is 5. The minimum Gasteiger partial charge on any atom is -0.394 e. The molecule has 1 amide bonds. The van der Waals surface area contributed by atoms with E-state index in [1.54, 1.807) is 0 Å². The van der Waals surface area contributed by atoms with Crippen LogP contribution in [-0.4, -0.2) is 68.7 Å².